The van der Waals surface area contributed by atoms with Crippen LogP contribution in [0.4, 0.5) is 4.39 Å². The third-order valence-electron chi connectivity index (χ3n) is 7.06. The smallest absolute Gasteiger partial charge is 0.330 e. The topological polar surface area (TPSA) is 83.9 Å². The number of ether oxygens (including phenoxy) is 1. The lowest BCUT2D eigenvalue weighted by Crippen LogP contribution is -2.55. The number of ketones is 1. The third kappa shape index (κ3) is 4.24. The van der Waals surface area contributed by atoms with Crippen LogP contribution >= 0.6 is 11.3 Å². The van der Waals surface area contributed by atoms with Gasteiger partial charge in [-0.2, -0.15) is 0 Å². The number of methoxy groups -OCH3 is 1. The number of carbonyl (C=O) groups excluding carboxylic acids is 2. The number of Topliss-reactive ketones (excluding diaryl/α,β-unsaturated/α-hetero) is 1. The number of amides is 1. The minimum absolute atomic E-state index is 0.272. The van der Waals surface area contributed by atoms with Gasteiger partial charge in [-0.15, -0.1) is 11.3 Å². The molecule has 4 rings (SSSR count). The van der Waals surface area contributed by atoms with Crippen LogP contribution in [0.5, 0.6) is 0 Å². The second-order valence-electron chi connectivity index (χ2n) is 9.35. The Morgan fingerprint density at radius 3 is 2.36 bits per heavy atom. The van der Waals surface area contributed by atoms with E-state index in [1.807, 2.05) is 31.4 Å². The molecule has 8 heteroatoms. The first-order valence-corrected chi connectivity index (χ1v) is 12.4. The zero-order chi connectivity index (χ0) is 26.2. The fraction of sp³-hybridized carbons (Fsp3) is 0.321. The van der Waals surface area contributed by atoms with E-state index >= 15 is 0 Å². The van der Waals surface area contributed by atoms with Crippen molar-refractivity contribution < 1.29 is 28.6 Å². The quantitative estimate of drug-likeness (QED) is 0.445. The summed E-state index contributed by atoms with van der Waals surface area (Å²) in [7, 11) is 1.37. The van der Waals surface area contributed by atoms with Gasteiger partial charge < -0.3 is 14.7 Å². The average molecular weight is 510 g/mol. The van der Waals surface area contributed by atoms with Gasteiger partial charge in [-0.1, -0.05) is 35.9 Å². The van der Waals surface area contributed by atoms with Crippen molar-refractivity contribution in [1.82, 2.24) is 4.90 Å². The van der Waals surface area contributed by atoms with E-state index in [2.05, 4.69) is 0 Å². The molecule has 1 aliphatic rings. The standard InChI is InChI=1S/C28H28FNO5S/c1-16-6-5-7-19(14-16)25(32)22-23(18-8-10-20(29)11-9-18)28(3,27(33)34)30(21(31)15-35-4)24(22)26-17(2)12-13-36-26/h5-14,22-24H,15H2,1-4H3,(H,33,34). The summed E-state index contributed by atoms with van der Waals surface area (Å²) in [6.45, 7) is 4.88. The Bertz CT molecular complexity index is 1300. The summed E-state index contributed by atoms with van der Waals surface area (Å²) in [5.41, 5.74) is 0.835. The second kappa shape index (κ2) is 9.95. The molecule has 6 nitrogen and oxygen atoms in total. The molecule has 1 aliphatic heterocycles. The molecule has 1 amide bonds. The molecule has 1 aromatic heterocycles. The molecule has 188 valence electrons. The number of carboxylic acids is 1. The van der Waals surface area contributed by atoms with E-state index in [1.165, 1.54) is 54.5 Å². The summed E-state index contributed by atoms with van der Waals surface area (Å²) < 4.78 is 19.0. The minimum Gasteiger partial charge on any atom is -0.479 e. The van der Waals surface area contributed by atoms with Gasteiger partial charge in [0, 0.05) is 23.5 Å². The normalized spacial score (nSPS) is 23.6. The molecular weight excluding hydrogens is 481 g/mol. The minimum atomic E-state index is -1.81. The monoisotopic (exact) mass is 509 g/mol. The van der Waals surface area contributed by atoms with E-state index in [1.54, 1.807) is 18.2 Å². The number of thiophene rings is 1. The summed E-state index contributed by atoms with van der Waals surface area (Å²) >= 11 is 1.38. The van der Waals surface area contributed by atoms with Crippen LogP contribution in [-0.4, -0.2) is 46.9 Å². The number of hydrogen-bond donors (Lipinski definition) is 1. The highest BCUT2D eigenvalue weighted by Gasteiger charge is 2.65. The zero-order valence-corrected chi connectivity index (χ0v) is 21.3. The van der Waals surface area contributed by atoms with Gasteiger partial charge in [0.2, 0.25) is 5.91 Å². The first-order chi connectivity index (χ1) is 17.1. The number of nitrogens with zero attached hydrogens (tertiary/aromatic N) is 1. The number of halogens is 1. The zero-order valence-electron chi connectivity index (χ0n) is 20.5. The predicted octanol–water partition coefficient (Wildman–Crippen LogP) is 5.16. The summed E-state index contributed by atoms with van der Waals surface area (Å²) in [5.74, 6) is -4.42. The van der Waals surface area contributed by atoms with Crippen molar-refractivity contribution in [2.24, 2.45) is 5.92 Å². The SMILES string of the molecule is COCC(=O)N1C(c2sccc2C)C(C(=O)c2cccc(C)c2)C(c2ccc(F)cc2)C1(C)C(=O)O. The van der Waals surface area contributed by atoms with E-state index in [4.69, 9.17) is 4.74 Å². The van der Waals surface area contributed by atoms with Gasteiger partial charge in [0.15, 0.2) is 5.78 Å². The number of likely N-dealkylation sites (tertiary alicyclic amines) is 1. The lowest BCUT2D eigenvalue weighted by Gasteiger charge is -2.37. The van der Waals surface area contributed by atoms with Crippen molar-refractivity contribution >= 4 is 29.0 Å². The molecule has 0 aliphatic carbocycles. The van der Waals surface area contributed by atoms with Crippen molar-refractivity contribution in [3.8, 4) is 0 Å². The number of benzene rings is 2. The van der Waals surface area contributed by atoms with Gasteiger partial charge in [0.1, 0.15) is 18.0 Å². The van der Waals surface area contributed by atoms with E-state index in [9.17, 15) is 23.9 Å². The number of aryl methyl sites for hydroxylation is 2. The maximum atomic E-state index is 14.3. The predicted molar refractivity (Wildman–Crippen MR) is 135 cm³/mol. The third-order valence-corrected chi connectivity index (χ3v) is 8.15. The molecule has 2 heterocycles. The van der Waals surface area contributed by atoms with Crippen LogP contribution in [0.1, 0.15) is 50.8 Å². The van der Waals surface area contributed by atoms with Crippen molar-refractivity contribution in [2.45, 2.75) is 38.3 Å². The van der Waals surface area contributed by atoms with Crippen molar-refractivity contribution in [2.75, 3.05) is 13.7 Å². The Morgan fingerprint density at radius 2 is 1.81 bits per heavy atom. The Labute approximate surface area is 213 Å². The van der Waals surface area contributed by atoms with Crippen LogP contribution in [-0.2, 0) is 14.3 Å². The molecule has 0 saturated carbocycles. The summed E-state index contributed by atoms with van der Waals surface area (Å²) in [4.78, 5) is 42.9. The van der Waals surface area contributed by atoms with Crippen LogP contribution in [0.2, 0.25) is 0 Å². The molecule has 0 radical (unpaired) electrons. The molecule has 0 spiro atoms. The first kappa shape index (κ1) is 25.7. The summed E-state index contributed by atoms with van der Waals surface area (Å²) in [6, 6.07) is 13.6. The Balaban J connectivity index is 2.04. The van der Waals surface area contributed by atoms with E-state index in [0.717, 1.165) is 16.0 Å². The Morgan fingerprint density at radius 1 is 1.11 bits per heavy atom. The Kier molecular flexibility index (Phi) is 7.11. The molecule has 0 bridgehead atoms. The molecule has 1 N–H and O–H groups in total. The van der Waals surface area contributed by atoms with Crippen LogP contribution in [0, 0.1) is 25.6 Å². The highest BCUT2D eigenvalue weighted by Crippen LogP contribution is 2.57. The number of carboxylic acid groups (broad SMARTS) is 1. The van der Waals surface area contributed by atoms with Crippen LogP contribution in [0.25, 0.3) is 0 Å². The van der Waals surface area contributed by atoms with Gasteiger partial charge in [-0.3, -0.25) is 9.59 Å². The molecule has 4 atom stereocenters. The number of carbonyl (C=O) groups is 3. The van der Waals surface area contributed by atoms with Crippen LogP contribution in [0.3, 0.4) is 0 Å². The van der Waals surface area contributed by atoms with Crippen LogP contribution < -0.4 is 0 Å². The fourth-order valence-electron chi connectivity index (χ4n) is 5.43. The summed E-state index contributed by atoms with van der Waals surface area (Å²) in [6.07, 6.45) is 0. The largest absolute Gasteiger partial charge is 0.479 e. The number of hydrogen-bond acceptors (Lipinski definition) is 5. The number of rotatable bonds is 7. The summed E-state index contributed by atoms with van der Waals surface area (Å²) in [5, 5.41) is 12.5. The highest BCUT2D eigenvalue weighted by molar-refractivity contribution is 7.10. The fourth-order valence-corrected chi connectivity index (χ4v) is 6.49. The molecule has 36 heavy (non-hydrogen) atoms. The average Bonchev–Trinajstić information content (AvgIpc) is 3.38. The Hall–Kier alpha value is -3.36. The van der Waals surface area contributed by atoms with Gasteiger partial charge in [0.25, 0.3) is 0 Å². The highest BCUT2D eigenvalue weighted by atomic mass is 32.1. The van der Waals surface area contributed by atoms with Gasteiger partial charge >= 0.3 is 5.97 Å². The van der Waals surface area contributed by atoms with Crippen LogP contribution in [0.15, 0.2) is 60.0 Å². The van der Waals surface area contributed by atoms with Gasteiger partial charge in [0.05, 0.1) is 12.0 Å². The van der Waals surface area contributed by atoms with E-state index < -0.39 is 41.1 Å². The molecule has 3 aromatic rings. The maximum absolute atomic E-state index is 14.3. The maximum Gasteiger partial charge on any atom is 0.330 e. The molecule has 4 unspecified atom stereocenters. The molecule has 1 fully saturated rings. The van der Waals surface area contributed by atoms with E-state index in [0.29, 0.717) is 11.1 Å². The van der Waals surface area contributed by atoms with Gasteiger partial charge in [-0.05, 0) is 61.5 Å². The molecule has 2 aromatic carbocycles. The number of aliphatic carboxylic acids is 1. The van der Waals surface area contributed by atoms with Gasteiger partial charge in [-0.25, -0.2) is 9.18 Å². The van der Waals surface area contributed by atoms with E-state index in [-0.39, 0.29) is 12.4 Å². The molecule has 1 saturated heterocycles. The lowest BCUT2D eigenvalue weighted by atomic mass is 9.72. The van der Waals surface area contributed by atoms with Crippen molar-refractivity contribution in [3.05, 3.63) is 92.9 Å². The van der Waals surface area contributed by atoms with Crippen molar-refractivity contribution in [1.29, 1.82) is 0 Å². The first-order valence-electron chi connectivity index (χ1n) is 11.6. The second-order valence-corrected chi connectivity index (χ2v) is 10.3. The molecular formula is C28H28FNO5S. The lowest BCUT2D eigenvalue weighted by molar-refractivity contribution is -0.159. The van der Waals surface area contributed by atoms with Crippen molar-refractivity contribution in [3.63, 3.8) is 0 Å².